The van der Waals surface area contributed by atoms with Crippen LogP contribution in [0.2, 0.25) is 0 Å². The third-order valence-electron chi connectivity index (χ3n) is 4.62. The molecule has 0 amide bonds. The van der Waals surface area contributed by atoms with Gasteiger partial charge in [0.1, 0.15) is 22.6 Å². The van der Waals surface area contributed by atoms with Crippen LogP contribution < -0.4 is 20.7 Å². The zero-order chi connectivity index (χ0) is 28.9. The molecule has 39 heavy (non-hydrogen) atoms. The van der Waals surface area contributed by atoms with E-state index in [9.17, 15) is 0 Å². The molecule has 10 nitrogen and oxygen atoms in total. The fraction of sp³-hybridized carbons (Fsp3) is 0.333. The monoisotopic (exact) mass is 800 g/mol. The van der Waals surface area contributed by atoms with Crippen LogP contribution >= 0.6 is 97.7 Å². The van der Waals surface area contributed by atoms with Crippen molar-refractivity contribution in [3.8, 4) is 0 Å². The Bertz CT molecular complexity index is 1040. The van der Waals surface area contributed by atoms with Crippen molar-refractivity contribution in [2.45, 2.75) is 11.0 Å². The third kappa shape index (κ3) is 10.7. The van der Waals surface area contributed by atoms with Gasteiger partial charge in [0.2, 0.25) is 0 Å². The van der Waals surface area contributed by atoms with Crippen LogP contribution in [0.1, 0.15) is 0 Å². The van der Waals surface area contributed by atoms with Crippen molar-refractivity contribution in [1.29, 1.82) is 0 Å². The summed E-state index contributed by atoms with van der Waals surface area (Å²) in [6.07, 6.45) is 3.63. The molecule has 212 valence electrons. The van der Waals surface area contributed by atoms with Crippen molar-refractivity contribution in [3.05, 3.63) is 36.7 Å². The number of nitrogens with zero attached hydrogens (tertiary/aromatic N) is 4. The third-order valence-corrected chi connectivity index (χ3v) is 8.34. The number of H-pyrrole nitrogens is 2. The Labute approximate surface area is 287 Å². The van der Waals surface area contributed by atoms with Crippen molar-refractivity contribution in [1.82, 2.24) is 30.6 Å². The summed E-state index contributed by atoms with van der Waals surface area (Å²) in [5, 5.41) is 13.6. The minimum absolute atomic E-state index is 0.0107. The fourth-order valence-electron chi connectivity index (χ4n) is 3.23. The minimum atomic E-state index is -2.03. The molecule has 2 aromatic heterocycles. The van der Waals surface area contributed by atoms with Gasteiger partial charge in [0.25, 0.3) is 0 Å². The van der Waals surface area contributed by atoms with E-state index >= 15 is 0 Å². The molecule has 2 saturated heterocycles. The molecule has 21 heteroatoms. The first kappa shape index (κ1) is 35.4. The predicted octanol–water partition coefficient (Wildman–Crippen LogP) is 3.17. The Hall–Kier alpha value is 0.168. The average molecular weight is 799 g/mol. The molecule has 2 aromatic rings. The Balaban J connectivity index is 0.000000249. The number of thiol groups is 2. The summed E-state index contributed by atoms with van der Waals surface area (Å²) in [4.78, 5) is 6.16. The molecule has 0 aliphatic carbocycles. The van der Waals surface area contributed by atoms with Gasteiger partial charge in [-0.25, -0.2) is 10.0 Å². The van der Waals surface area contributed by atoms with Gasteiger partial charge in [-0.1, -0.05) is 24.4 Å². The maximum absolute atomic E-state index is 8.50. The van der Waals surface area contributed by atoms with Crippen molar-refractivity contribution >= 4 is 152 Å². The Morgan fingerprint density at radius 1 is 0.821 bits per heavy atom. The molecule has 0 radical (unpaired) electrons. The summed E-state index contributed by atoms with van der Waals surface area (Å²) in [5.74, 6) is 3.60. The quantitative estimate of drug-likeness (QED) is 0.0898. The Morgan fingerprint density at radius 3 is 1.38 bits per heavy atom. The van der Waals surface area contributed by atoms with Crippen LogP contribution in [0.4, 0.5) is 11.6 Å². The van der Waals surface area contributed by atoms with Gasteiger partial charge in [0.05, 0.1) is 0 Å². The SMILES string of the molecule is S=C(S)N(c1ccc[nH]1)N(C(=S)[S-])C1NCCS1.S=C(S)N(c1ccc[nH]1)N(C(=S)[S-])C1NCCS1.[O]=[Mo+2]=[O]. The first-order valence-corrected chi connectivity index (χ1v) is 17.7. The summed E-state index contributed by atoms with van der Waals surface area (Å²) in [5.41, 5.74) is -0.0215. The van der Waals surface area contributed by atoms with E-state index < -0.39 is 18.5 Å². The summed E-state index contributed by atoms with van der Waals surface area (Å²) in [6, 6.07) is 7.55. The van der Waals surface area contributed by atoms with Crippen molar-refractivity contribution in [2.75, 3.05) is 34.6 Å². The van der Waals surface area contributed by atoms with E-state index in [2.05, 4.69) is 45.9 Å². The molecule has 0 bridgehead atoms. The topological polar surface area (TPSA) is 103 Å². The number of hydrogen-bond donors (Lipinski definition) is 6. The number of thiocarbonyl (C=S) groups is 4. The summed E-state index contributed by atoms with van der Waals surface area (Å²) in [6.45, 7) is 1.84. The number of aromatic nitrogens is 2. The number of anilines is 2. The maximum atomic E-state index is 8.50. The van der Waals surface area contributed by atoms with Crippen LogP contribution in [0.15, 0.2) is 36.7 Å². The molecule has 2 fully saturated rings. The fourth-order valence-corrected chi connectivity index (χ4v) is 7.10. The molecular formula is C18H22MoN8O2S10. The molecule has 4 rings (SSSR count). The second-order valence-corrected chi connectivity index (χ2v) is 13.9. The zero-order valence-corrected chi connectivity index (χ0v) is 29.9. The molecule has 0 spiro atoms. The number of hydrogen-bond acceptors (Lipinski definition) is 12. The van der Waals surface area contributed by atoms with Crippen LogP contribution in [-0.4, -0.2) is 72.9 Å². The molecule has 2 aliphatic rings. The average Bonchev–Trinajstić information content (AvgIpc) is 3.70. The van der Waals surface area contributed by atoms with Crippen molar-refractivity contribution in [3.63, 3.8) is 0 Å². The van der Waals surface area contributed by atoms with E-state index in [0.717, 1.165) is 36.2 Å². The van der Waals surface area contributed by atoms with E-state index in [1.165, 1.54) is 0 Å². The van der Waals surface area contributed by atoms with Crippen molar-refractivity contribution < 1.29 is 25.3 Å². The van der Waals surface area contributed by atoms with Gasteiger partial charge >= 0.3 is 25.3 Å². The van der Waals surface area contributed by atoms with Crippen LogP contribution in [0, 0.1) is 0 Å². The van der Waals surface area contributed by atoms with Crippen LogP contribution in [-0.2, 0) is 50.5 Å². The standard InChI is InChI=1S/2C9H12N4S5.Mo.2O/c2*14-8(15)12(6-2-1-3-10-6)13(9(16)17)7-11-4-5-18-7;;;/h2*1-3,7,10-11H,4-5H2,(H,14,15)(H,16,17);;;/q;;+2;;/p-2. The Kier molecular flexibility index (Phi) is 16.9. The number of nitrogens with one attached hydrogen (secondary N) is 4. The van der Waals surface area contributed by atoms with E-state index in [-0.39, 0.29) is 11.0 Å². The second kappa shape index (κ2) is 18.7. The van der Waals surface area contributed by atoms with Gasteiger partial charge in [-0.3, -0.25) is 20.7 Å². The molecule has 0 aromatic carbocycles. The molecule has 2 atom stereocenters. The molecule has 4 heterocycles. The summed E-state index contributed by atoms with van der Waals surface area (Å²) >= 11 is 41.0. The predicted molar refractivity (Wildman–Crippen MR) is 183 cm³/mol. The van der Waals surface area contributed by atoms with Gasteiger partial charge < -0.3 is 59.7 Å². The number of hydrazine groups is 2. The first-order valence-electron chi connectivity index (χ1n) is 10.6. The van der Waals surface area contributed by atoms with Gasteiger partial charge in [-0.2, -0.15) is 0 Å². The summed E-state index contributed by atoms with van der Waals surface area (Å²) in [7, 11) is 0. The summed E-state index contributed by atoms with van der Waals surface area (Å²) < 4.78 is 18.4. The zero-order valence-electron chi connectivity index (χ0n) is 19.6. The van der Waals surface area contributed by atoms with E-state index in [4.69, 9.17) is 80.9 Å². The normalized spacial score (nSPS) is 17.4. The van der Waals surface area contributed by atoms with Crippen LogP contribution in [0.25, 0.3) is 0 Å². The van der Waals surface area contributed by atoms with Gasteiger partial charge in [0.15, 0.2) is 8.64 Å². The van der Waals surface area contributed by atoms with E-state index in [1.807, 2.05) is 36.7 Å². The van der Waals surface area contributed by atoms with Crippen LogP contribution in [0.5, 0.6) is 0 Å². The van der Waals surface area contributed by atoms with Gasteiger partial charge in [-0.15, -0.1) is 48.8 Å². The Morgan fingerprint density at radius 2 is 1.18 bits per heavy atom. The van der Waals surface area contributed by atoms with E-state index in [0.29, 0.717) is 17.3 Å². The molecule has 2 unspecified atom stereocenters. The second-order valence-electron chi connectivity index (χ2n) is 6.94. The van der Waals surface area contributed by atoms with Gasteiger partial charge in [0, 0.05) is 37.0 Å². The number of aromatic amines is 2. The molecule has 2 aliphatic heterocycles. The van der Waals surface area contributed by atoms with Gasteiger partial charge in [-0.05, 0) is 32.9 Å². The number of rotatable bonds is 4. The molecule has 0 saturated carbocycles. The van der Waals surface area contributed by atoms with Crippen molar-refractivity contribution in [2.24, 2.45) is 0 Å². The molecule has 4 N–H and O–H groups in total. The molecular weight excluding hydrogens is 777 g/mol. The first-order chi connectivity index (χ1) is 18.6. The number of thioether (sulfide) groups is 2. The van der Waals surface area contributed by atoms with Crippen LogP contribution in [0.3, 0.4) is 0 Å². The van der Waals surface area contributed by atoms with E-state index in [1.54, 1.807) is 43.6 Å².